The molecule has 2 aliphatic rings. The summed E-state index contributed by atoms with van der Waals surface area (Å²) in [5.74, 6) is 2.34. The molecule has 1 aromatic carbocycles. The van der Waals surface area contributed by atoms with Gasteiger partial charge in [0.25, 0.3) is 0 Å². The summed E-state index contributed by atoms with van der Waals surface area (Å²) in [7, 11) is 0. The lowest BCUT2D eigenvalue weighted by Crippen LogP contribution is -2.42. The molecule has 0 radical (unpaired) electrons. The van der Waals surface area contributed by atoms with E-state index in [1.54, 1.807) is 0 Å². The van der Waals surface area contributed by atoms with Crippen LogP contribution in [-0.2, 0) is 11.2 Å². The van der Waals surface area contributed by atoms with Gasteiger partial charge >= 0.3 is 0 Å². The maximum absolute atomic E-state index is 12.5. The van der Waals surface area contributed by atoms with Gasteiger partial charge in [-0.1, -0.05) is 12.1 Å². The molecule has 0 heterocycles. The molecule has 2 bridgehead atoms. The number of thioether (sulfide) groups is 1. The monoisotopic (exact) mass is 304 g/mol. The van der Waals surface area contributed by atoms with Crippen LogP contribution in [-0.4, -0.2) is 24.0 Å². The van der Waals surface area contributed by atoms with E-state index in [4.69, 9.17) is 5.73 Å². The molecule has 2 saturated carbocycles. The Morgan fingerprint density at radius 2 is 2.00 bits per heavy atom. The predicted molar refractivity (Wildman–Crippen MR) is 89.5 cm³/mol. The van der Waals surface area contributed by atoms with E-state index in [1.807, 2.05) is 23.9 Å². The number of aryl methyl sites for hydroxylation is 1. The molecule has 2 aliphatic carbocycles. The number of nitrogens with one attached hydrogen (secondary N) is 1. The standard InChI is InChI=1S/C17H24N2OS/c1-21-9-8-11-2-6-14(7-3-11)19-17(20)15-12-4-5-13(10-12)16(15)18/h2-3,6-7,12-13,15-16H,4-5,8-10,18H2,1H3,(H,19,20). The Morgan fingerprint density at radius 1 is 1.29 bits per heavy atom. The summed E-state index contributed by atoms with van der Waals surface area (Å²) >= 11 is 1.85. The second-order valence-electron chi connectivity index (χ2n) is 6.37. The third kappa shape index (κ3) is 3.11. The molecule has 3 N–H and O–H groups in total. The molecule has 4 unspecified atom stereocenters. The Bertz CT molecular complexity index is 500. The highest BCUT2D eigenvalue weighted by Crippen LogP contribution is 2.47. The zero-order valence-electron chi connectivity index (χ0n) is 12.5. The number of carbonyl (C=O) groups excluding carboxylic acids is 1. The van der Waals surface area contributed by atoms with Crippen LogP contribution < -0.4 is 11.1 Å². The van der Waals surface area contributed by atoms with Crippen LogP contribution in [0, 0.1) is 17.8 Å². The average Bonchev–Trinajstić information content (AvgIpc) is 3.07. The maximum atomic E-state index is 12.5. The van der Waals surface area contributed by atoms with Gasteiger partial charge in [-0.15, -0.1) is 0 Å². The van der Waals surface area contributed by atoms with Gasteiger partial charge < -0.3 is 11.1 Å². The third-order valence-electron chi connectivity index (χ3n) is 5.10. The summed E-state index contributed by atoms with van der Waals surface area (Å²) in [6.07, 6.45) is 6.72. The van der Waals surface area contributed by atoms with E-state index in [0.29, 0.717) is 11.8 Å². The minimum Gasteiger partial charge on any atom is -0.327 e. The van der Waals surface area contributed by atoms with Crippen LogP contribution >= 0.6 is 11.8 Å². The van der Waals surface area contributed by atoms with E-state index in [2.05, 4.69) is 23.7 Å². The Hall–Kier alpha value is -1.00. The molecule has 2 fully saturated rings. The molecule has 0 saturated heterocycles. The summed E-state index contributed by atoms with van der Waals surface area (Å²) in [6.45, 7) is 0. The largest absolute Gasteiger partial charge is 0.327 e. The Kier molecular flexibility index (Phi) is 4.55. The first-order valence-electron chi connectivity index (χ1n) is 7.83. The van der Waals surface area contributed by atoms with Crippen molar-refractivity contribution in [3.05, 3.63) is 29.8 Å². The van der Waals surface area contributed by atoms with Crippen molar-refractivity contribution in [1.82, 2.24) is 0 Å². The molecule has 3 nitrogen and oxygen atoms in total. The van der Waals surface area contributed by atoms with Crippen molar-refractivity contribution in [2.45, 2.75) is 31.7 Å². The van der Waals surface area contributed by atoms with E-state index < -0.39 is 0 Å². The van der Waals surface area contributed by atoms with Crippen molar-refractivity contribution in [2.75, 3.05) is 17.3 Å². The van der Waals surface area contributed by atoms with E-state index >= 15 is 0 Å². The van der Waals surface area contributed by atoms with Crippen LogP contribution in [0.5, 0.6) is 0 Å². The first-order valence-corrected chi connectivity index (χ1v) is 9.22. The van der Waals surface area contributed by atoms with E-state index in [1.165, 1.54) is 18.4 Å². The van der Waals surface area contributed by atoms with Crippen LogP contribution in [0.1, 0.15) is 24.8 Å². The highest BCUT2D eigenvalue weighted by atomic mass is 32.2. The summed E-state index contributed by atoms with van der Waals surface area (Å²) in [6, 6.07) is 8.28. The fourth-order valence-electron chi connectivity index (χ4n) is 3.93. The van der Waals surface area contributed by atoms with Gasteiger partial charge in [0.1, 0.15) is 0 Å². The SMILES string of the molecule is CSCCc1ccc(NC(=O)C2C3CCC(C3)C2N)cc1. The molecular weight excluding hydrogens is 280 g/mol. The Morgan fingerprint density at radius 3 is 2.62 bits per heavy atom. The number of anilines is 1. The van der Waals surface area contributed by atoms with Gasteiger partial charge in [0.05, 0.1) is 5.92 Å². The number of benzene rings is 1. The molecule has 3 rings (SSSR count). The zero-order valence-corrected chi connectivity index (χ0v) is 13.4. The summed E-state index contributed by atoms with van der Waals surface area (Å²) < 4.78 is 0. The quantitative estimate of drug-likeness (QED) is 0.879. The van der Waals surface area contributed by atoms with Crippen molar-refractivity contribution < 1.29 is 4.79 Å². The molecular formula is C17H24N2OS. The van der Waals surface area contributed by atoms with Crippen LogP contribution in [0.25, 0.3) is 0 Å². The number of carbonyl (C=O) groups is 1. The van der Waals surface area contributed by atoms with Gasteiger partial charge in [-0.05, 0) is 67.2 Å². The van der Waals surface area contributed by atoms with Crippen molar-refractivity contribution >= 4 is 23.4 Å². The van der Waals surface area contributed by atoms with E-state index in [-0.39, 0.29) is 17.9 Å². The molecule has 1 amide bonds. The summed E-state index contributed by atoms with van der Waals surface area (Å²) in [5.41, 5.74) is 8.44. The minimum atomic E-state index is 0.0138. The molecule has 0 aromatic heterocycles. The summed E-state index contributed by atoms with van der Waals surface area (Å²) in [4.78, 5) is 12.5. The molecule has 21 heavy (non-hydrogen) atoms. The number of fused-ring (bicyclic) bond motifs is 2. The second kappa shape index (κ2) is 6.41. The van der Waals surface area contributed by atoms with Gasteiger partial charge in [0, 0.05) is 11.7 Å². The van der Waals surface area contributed by atoms with Crippen LogP contribution in [0.2, 0.25) is 0 Å². The molecule has 1 aromatic rings. The number of nitrogens with two attached hydrogens (primary N) is 1. The molecule has 4 heteroatoms. The Labute approximate surface area is 131 Å². The van der Waals surface area contributed by atoms with Gasteiger partial charge in [-0.25, -0.2) is 0 Å². The lowest BCUT2D eigenvalue weighted by atomic mass is 9.84. The lowest BCUT2D eigenvalue weighted by Gasteiger charge is -2.27. The van der Waals surface area contributed by atoms with Gasteiger partial charge in [-0.2, -0.15) is 11.8 Å². The minimum absolute atomic E-state index is 0.0138. The zero-order chi connectivity index (χ0) is 14.8. The van der Waals surface area contributed by atoms with Crippen LogP contribution in [0.15, 0.2) is 24.3 Å². The van der Waals surface area contributed by atoms with Gasteiger partial charge in [0.2, 0.25) is 5.91 Å². The van der Waals surface area contributed by atoms with Crippen molar-refractivity contribution in [1.29, 1.82) is 0 Å². The third-order valence-corrected chi connectivity index (χ3v) is 5.71. The highest BCUT2D eigenvalue weighted by molar-refractivity contribution is 7.98. The van der Waals surface area contributed by atoms with E-state index in [0.717, 1.165) is 24.3 Å². The first-order chi connectivity index (χ1) is 10.2. The average molecular weight is 304 g/mol. The second-order valence-corrected chi connectivity index (χ2v) is 7.35. The summed E-state index contributed by atoms with van der Waals surface area (Å²) in [5, 5.41) is 3.06. The topological polar surface area (TPSA) is 55.1 Å². The first kappa shape index (κ1) is 14.9. The molecule has 0 aliphatic heterocycles. The molecule has 114 valence electrons. The van der Waals surface area contributed by atoms with Crippen LogP contribution in [0.3, 0.4) is 0 Å². The van der Waals surface area contributed by atoms with Gasteiger partial charge in [-0.3, -0.25) is 4.79 Å². The highest BCUT2D eigenvalue weighted by Gasteiger charge is 2.49. The van der Waals surface area contributed by atoms with Crippen LogP contribution in [0.4, 0.5) is 5.69 Å². The lowest BCUT2D eigenvalue weighted by molar-refractivity contribution is -0.121. The van der Waals surface area contributed by atoms with Gasteiger partial charge in [0.15, 0.2) is 0 Å². The number of hydrogen-bond donors (Lipinski definition) is 2. The van der Waals surface area contributed by atoms with Crippen molar-refractivity contribution in [2.24, 2.45) is 23.5 Å². The predicted octanol–water partition coefficient (Wildman–Crippen LogP) is 2.90. The number of hydrogen-bond acceptors (Lipinski definition) is 3. The fourth-order valence-corrected chi connectivity index (χ4v) is 4.36. The molecule has 4 atom stereocenters. The van der Waals surface area contributed by atoms with E-state index in [9.17, 15) is 4.79 Å². The normalized spacial score (nSPS) is 30.6. The number of amides is 1. The Balaban J connectivity index is 1.60. The van der Waals surface area contributed by atoms with Crippen molar-refractivity contribution in [3.8, 4) is 0 Å². The molecule has 0 spiro atoms. The smallest absolute Gasteiger partial charge is 0.229 e. The fraction of sp³-hybridized carbons (Fsp3) is 0.588. The number of rotatable bonds is 5. The van der Waals surface area contributed by atoms with Crippen molar-refractivity contribution in [3.63, 3.8) is 0 Å². The maximum Gasteiger partial charge on any atom is 0.229 e.